The first-order valence-corrected chi connectivity index (χ1v) is 12.3. The Kier molecular flexibility index (Phi) is 4.31. The van der Waals surface area contributed by atoms with Gasteiger partial charge in [0.15, 0.2) is 0 Å². The molecule has 3 heteroatoms. The summed E-state index contributed by atoms with van der Waals surface area (Å²) in [4.78, 5) is 0. The van der Waals surface area contributed by atoms with Crippen molar-refractivity contribution in [1.29, 1.82) is 0 Å². The summed E-state index contributed by atoms with van der Waals surface area (Å²) in [5.74, 6) is 1.39. The zero-order chi connectivity index (χ0) is 8.16. The first-order valence-electron chi connectivity index (χ1n) is 4.72. The Balaban J connectivity index is 2.40. The van der Waals surface area contributed by atoms with Crippen molar-refractivity contribution in [2.45, 2.75) is 37.2 Å². The van der Waals surface area contributed by atoms with E-state index < -0.39 is 12.3 Å². The molecule has 11 heavy (non-hydrogen) atoms. The molecule has 0 aromatic rings. The van der Waals surface area contributed by atoms with E-state index in [-0.39, 0.29) is 0 Å². The van der Waals surface area contributed by atoms with Crippen molar-refractivity contribution in [3.8, 4) is 0 Å². The predicted molar refractivity (Wildman–Crippen MR) is 56.4 cm³/mol. The summed E-state index contributed by atoms with van der Waals surface area (Å²) in [5, 5.41) is 3.05. The molecule has 0 bridgehead atoms. The van der Waals surface area contributed by atoms with Crippen LogP contribution in [0.3, 0.4) is 0 Å². The van der Waals surface area contributed by atoms with Crippen LogP contribution in [0.25, 0.3) is 0 Å². The molecule has 1 N–H and O–H groups in total. The van der Waals surface area contributed by atoms with Crippen LogP contribution in [-0.2, 0) is 0 Å². The van der Waals surface area contributed by atoms with Gasteiger partial charge in [-0.05, 0) is 0 Å². The van der Waals surface area contributed by atoms with Crippen LogP contribution in [0.5, 0.6) is 0 Å². The molecule has 0 spiro atoms. The predicted octanol–water partition coefficient (Wildman–Crippen LogP) is 2.59. The molecule has 1 heterocycles. The molecule has 0 aromatic heterocycles. The Morgan fingerprint density at radius 1 is 1.27 bits per heavy atom. The van der Waals surface area contributed by atoms with Gasteiger partial charge in [-0.25, -0.2) is 0 Å². The van der Waals surface area contributed by atoms with Gasteiger partial charge in [0.1, 0.15) is 0 Å². The van der Waals surface area contributed by atoms with Crippen LogP contribution in [-0.4, -0.2) is 24.6 Å². The van der Waals surface area contributed by atoms with Crippen molar-refractivity contribution in [2.24, 2.45) is 0 Å². The zero-order valence-corrected chi connectivity index (χ0v) is 10.6. The Morgan fingerprint density at radius 3 is 2.27 bits per heavy atom. The van der Waals surface area contributed by atoms with Gasteiger partial charge in [-0.1, -0.05) is 0 Å². The monoisotopic (exact) mass is 235 g/mol. The summed E-state index contributed by atoms with van der Waals surface area (Å²) in [6.07, 6.45) is 2.78. The van der Waals surface area contributed by atoms with Gasteiger partial charge in [0.2, 0.25) is 0 Å². The normalized spacial score (nSPS) is 22.4. The average molecular weight is 234 g/mol. The number of hydrogen-bond donors (Lipinski definition) is 1. The van der Waals surface area contributed by atoms with Crippen molar-refractivity contribution in [1.82, 2.24) is 4.27 Å². The Labute approximate surface area is 76.3 Å². The van der Waals surface area contributed by atoms with E-state index in [0.717, 1.165) is 0 Å². The van der Waals surface area contributed by atoms with Crippen LogP contribution in [0.1, 0.15) is 26.7 Å². The molecular weight excluding hydrogens is 215 g/mol. The number of nitrogens with one attached hydrogen (secondary N) is 1. The van der Waals surface area contributed by atoms with E-state index in [2.05, 4.69) is 28.2 Å². The van der Waals surface area contributed by atoms with Crippen molar-refractivity contribution in [3.63, 3.8) is 0 Å². The fourth-order valence-electron chi connectivity index (χ4n) is 1.83. The first-order chi connectivity index (χ1) is 5.33. The van der Waals surface area contributed by atoms with Crippen LogP contribution < -0.4 is 4.27 Å². The van der Waals surface area contributed by atoms with Gasteiger partial charge in [0.25, 0.3) is 0 Å². The molecule has 0 aromatic carbocycles. The van der Waals surface area contributed by atoms with Gasteiger partial charge < -0.3 is 0 Å². The second-order valence-corrected chi connectivity index (χ2v) is 16.9. The molecule has 1 fully saturated rings. The van der Waals surface area contributed by atoms with Crippen LogP contribution in [0.2, 0.25) is 10.5 Å². The van der Waals surface area contributed by atoms with Crippen LogP contribution in [0, 0.1) is 0 Å². The van der Waals surface area contributed by atoms with Crippen molar-refractivity contribution < 1.29 is 0 Å². The minimum atomic E-state index is -1.47. The minimum absolute atomic E-state index is 1.30. The average Bonchev–Trinajstić information content (AvgIpc) is 2.39. The number of rotatable bonds is 4. The van der Waals surface area contributed by atoms with Crippen LogP contribution >= 0.6 is 10.1 Å². The molecule has 1 rings (SSSR count). The molecule has 0 unspecified atom stereocenters. The van der Waals surface area contributed by atoms with E-state index in [1.165, 1.54) is 35.6 Å². The molecule has 66 valence electrons. The fraction of sp³-hybridized carbons (Fsp3) is 1.00. The topological polar surface area (TPSA) is 12.0 Å². The third kappa shape index (κ3) is 2.67. The van der Waals surface area contributed by atoms with E-state index >= 15 is 0 Å². The van der Waals surface area contributed by atoms with E-state index in [1.807, 2.05) is 0 Å². The van der Waals surface area contributed by atoms with Gasteiger partial charge in [0.05, 0.1) is 0 Å². The summed E-state index contributed by atoms with van der Waals surface area (Å²) in [6.45, 7) is 5.94. The van der Waals surface area contributed by atoms with E-state index in [9.17, 15) is 0 Å². The summed E-state index contributed by atoms with van der Waals surface area (Å²) in [5.41, 5.74) is 0. The Morgan fingerprint density at radius 2 is 1.91 bits per heavy atom. The molecule has 0 saturated carbocycles. The van der Waals surface area contributed by atoms with Crippen molar-refractivity contribution in [2.75, 3.05) is 12.3 Å². The molecule has 1 aliphatic rings. The molecule has 1 aliphatic heterocycles. The number of hydrogen-bond acceptors (Lipinski definition) is 2. The van der Waals surface area contributed by atoms with Crippen molar-refractivity contribution in [3.05, 3.63) is 0 Å². The van der Waals surface area contributed by atoms with Gasteiger partial charge in [-0.2, -0.15) is 0 Å². The molecular formula is C8H19GeNS. The van der Waals surface area contributed by atoms with E-state index in [0.29, 0.717) is 0 Å². The van der Waals surface area contributed by atoms with Gasteiger partial charge in [-0.15, -0.1) is 0 Å². The molecule has 0 atom stereocenters. The Hall–Kier alpha value is 0.853. The van der Waals surface area contributed by atoms with E-state index in [4.69, 9.17) is 0 Å². The summed E-state index contributed by atoms with van der Waals surface area (Å²) >= 11 is -1.47. The second kappa shape index (κ2) is 4.78. The van der Waals surface area contributed by atoms with E-state index in [1.54, 1.807) is 0 Å². The SMILES string of the molecule is CC[CH2][Ge]1([CH2]CC)[NH]CC[S]1. The standard InChI is InChI=1S/C8H19GeNS/c1-3-5-9(6-4-2)10-7-8-11-9/h10H,3-8H2,1-2H3. The summed E-state index contributed by atoms with van der Waals surface area (Å²) in [7, 11) is 2.32. The molecule has 0 amide bonds. The maximum absolute atomic E-state index is 3.82. The Bertz CT molecular complexity index is 105. The van der Waals surface area contributed by atoms with Crippen LogP contribution in [0.4, 0.5) is 0 Å². The third-order valence-corrected chi connectivity index (χ3v) is 18.2. The third-order valence-electron chi connectivity index (χ3n) is 2.24. The summed E-state index contributed by atoms with van der Waals surface area (Å²) in [6, 6.07) is 0. The molecule has 1 saturated heterocycles. The molecule has 0 aliphatic carbocycles. The quantitative estimate of drug-likeness (QED) is 0.750. The molecule has 0 radical (unpaired) electrons. The fourth-order valence-corrected chi connectivity index (χ4v) is 17.3. The van der Waals surface area contributed by atoms with Crippen LogP contribution in [0.15, 0.2) is 0 Å². The second-order valence-electron chi connectivity index (χ2n) is 3.27. The first kappa shape index (κ1) is 9.94. The van der Waals surface area contributed by atoms with Gasteiger partial charge in [-0.3, -0.25) is 0 Å². The summed E-state index contributed by atoms with van der Waals surface area (Å²) < 4.78 is 3.82. The van der Waals surface area contributed by atoms with Crippen molar-refractivity contribution >= 4 is 22.4 Å². The molecule has 1 nitrogen and oxygen atoms in total. The zero-order valence-electron chi connectivity index (χ0n) is 7.65. The van der Waals surface area contributed by atoms with Gasteiger partial charge >= 0.3 is 76.2 Å². The maximum atomic E-state index is 3.82. The van der Waals surface area contributed by atoms with Gasteiger partial charge in [0, 0.05) is 0 Å².